The van der Waals surface area contributed by atoms with E-state index in [9.17, 15) is 40.5 Å². The monoisotopic (exact) mass is 486 g/mol. The highest BCUT2D eigenvalue weighted by Gasteiger charge is 2.55. The summed E-state index contributed by atoms with van der Waals surface area (Å²) in [6, 6.07) is 2.43. The maximum atomic E-state index is 12.3. The molecule has 188 valence electrons. The van der Waals surface area contributed by atoms with E-state index in [1.165, 1.54) is 19.3 Å². The number of ether oxygens (including phenoxy) is 4. The van der Waals surface area contributed by atoms with Crippen molar-refractivity contribution < 1.29 is 59.1 Å². The van der Waals surface area contributed by atoms with Crippen LogP contribution in [0.4, 0.5) is 0 Å². The first-order valence-corrected chi connectivity index (χ1v) is 10.4. The number of phenolic OH excluding ortho intramolecular Hbond substituents is 1. The molecule has 3 heterocycles. The SMILES string of the molecule is Cc1coc2cc(OC3OCC(O)(CO)C3OC3OC(CO)C(O)C(O)C3O)cc(O)c2c1=O. The molecule has 0 bridgehead atoms. The number of benzene rings is 1. The summed E-state index contributed by atoms with van der Waals surface area (Å²) in [6.07, 6.45) is -9.74. The number of fused-ring (bicyclic) bond motifs is 1. The molecule has 2 saturated heterocycles. The van der Waals surface area contributed by atoms with Crippen molar-refractivity contribution in [2.24, 2.45) is 0 Å². The van der Waals surface area contributed by atoms with Crippen LogP contribution in [-0.2, 0) is 14.2 Å². The van der Waals surface area contributed by atoms with Gasteiger partial charge in [-0.2, -0.15) is 0 Å². The Balaban J connectivity index is 1.60. The van der Waals surface area contributed by atoms with Gasteiger partial charge in [-0.3, -0.25) is 4.79 Å². The second-order valence-electron chi connectivity index (χ2n) is 8.38. The molecule has 8 unspecified atom stereocenters. The van der Waals surface area contributed by atoms with Crippen molar-refractivity contribution in [2.75, 3.05) is 19.8 Å². The smallest absolute Gasteiger partial charge is 0.229 e. The van der Waals surface area contributed by atoms with Crippen molar-refractivity contribution in [3.05, 3.63) is 34.2 Å². The van der Waals surface area contributed by atoms with Crippen LogP contribution < -0.4 is 10.2 Å². The number of phenols is 1. The van der Waals surface area contributed by atoms with Crippen LogP contribution in [0.25, 0.3) is 11.0 Å². The lowest BCUT2D eigenvalue weighted by molar-refractivity contribution is -0.329. The average molecular weight is 486 g/mol. The zero-order valence-electron chi connectivity index (χ0n) is 18.0. The van der Waals surface area contributed by atoms with Gasteiger partial charge < -0.3 is 59.1 Å². The number of hydrogen-bond donors (Lipinski definition) is 7. The number of aromatic hydroxyl groups is 1. The molecule has 1 aromatic heterocycles. The lowest BCUT2D eigenvalue weighted by Crippen LogP contribution is -2.62. The van der Waals surface area contributed by atoms with Crippen LogP contribution >= 0.6 is 0 Å². The average Bonchev–Trinajstić information content (AvgIpc) is 3.12. The Kier molecular flexibility index (Phi) is 6.83. The van der Waals surface area contributed by atoms with Crippen molar-refractivity contribution >= 4 is 11.0 Å². The predicted molar refractivity (Wildman–Crippen MR) is 110 cm³/mol. The summed E-state index contributed by atoms with van der Waals surface area (Å²) in [7, 11) is 0. The van der Waals surface area contributed by atoms with Gasteiger partial charge in [-0.15, -0.1) is 0 Å². The first-order chi connectivity index (χ1) is 16.1. The molecule has 13 heteroatoms. The van der Waals surface area contributed by atoms with Crippen LogP contribution in [-0.4, -0.2) is 104 Å². The van der Waals surface area contributed by atoms with E-state index in [4.69, 9.17) is 23.4 Å². The number of hydrogen-bond acceptors (Lipinski definition) is 13. The van der Waals surface area contributed by atoms with Crippen molar-refractivity contribution in [3.63, 3.8) is 0 Å². The Morgan fingerprint density at radius 1 is 1.12 bits per heavy atom. The van der Waals surface area contributed by atoms with Crippen LogP contribution in [0.15, 0.2) is 27.6 Å². The molecule has 0 saturated carbocycles. The third-order valence-corrected chi connectivity index (χ3v) is 5.93. The molecule has 8 atom stereocenters. The molecular weight excluding hydrogens is 460 g/mol. The lowest BCUT2D eigenvalue weighted by Gasteiger charge is -2.42. The number of aliphatic hydroxyl groups is 6. The van der Waals surface area contributed by atoms with E-state index in [2.05, 4.69) is 0 Å². The zero-order chi connectivity index (χ0) is 24.8. The second-order valence-corrected chi connectivity index (χ2v) is 8.38. The molecule has 1 aromatic carbocycles. The number of rotatable bonds is 6. The maximum Gasteiger partial charge on any atom is 0.229 e. The van der Waals surface area contributed by atoms with E-state index in [-0.39, 0.29) is 22.3 Å². The van der Waals surface area contributed by atoms with Gasteiger partial charge in [0.1, 0.15) is 52.5 Å². The van der Waals surface area contributed by atoms with Crippen molar-refractivity contribution in [3.8, 4) is 11.5 Å². The third kappa shape index (κ3) is 4.26. The molecule has 2 aromatic rings. The van der Waals surface area contributed by atoms with Crippen molar-refractivity contribution in [1.29, 1.82) is 0 Å². The first-order valence-electron chi connectivity index (χ1n) is 10.4. The highest BCUT2D eigenvalue weighted by Crippen LogP contribution is 2.35. The fraction of sp³-hybridized carbons (Fsp3) is 0.571. The Morgan fingerprint density at radius 2 is 1.85 bits per heavy atom. The van der Waals surface area contributed by atoms with E-state index in [0.717, 1.165) is 6.07 Å². The van der Waals surface area contributed by atoms with Gasteiger partial charge in [0.25, 0.3) is 0 Å². The number of aryl methyl sites for hydroxylation is 1. The fourth-order valence-corrected chi connectivity index (χ4v) is 3.90. The molecular formula is C21H26O13. The van der Waals surface area contributed by atoms with Gasteiger partial charge in [0.2, 0.25) is 6.29 Å². The van der Waals surface area contributed by atoms with E-state index >= 15 is 0 Å². The number of aliphatic hydroxyl groups excluding tert-OH is 5. The molecule has 0 aliphatic carbocycles. The Bertz CT molecular complexity index is 1080. The van der Waals surface area contributed by atoms with Gasteiger partial charge in [-0.1, -0.05) is 0 Å². The highest BCUT2D eigenvalue weighted by molar-refractivity contribution is 5.85. The van der Waals surface area contributed by atoms with E-state index in [1.807, 2.05) is 0 Å². The largest absolute Gasteiger partial charge is 0.507 e. The zero-order valence-corrected chi connectivity index (χ0v) is 18.0. The van der Waals surface area contributed by atoms with Crippen LogP contribution in [0.1, 0.15) is 5.56 Å². The van der Waals surface area contributed by atoms with Gasteiger partial charge in [0.05, 0.1) is 26.1 Å². The quantitative estimate of drug-likeness (QED) is 0.225. The van der Waals surface area contributed by atoms with E-state index in [0.29, 0.717) is 0 Å². The molecule has 34 heavy (non-hydrogen) atoms. The molecule has 0 spiro atoms. The highest BCUT2D eigenvalue weighted by atomic mass is 16.8. The summed E-state index contributed by atoms with van der Waals surface area (Å²) in [4.78, 5) is 12.3. The lowest BCUT2D eigenvalue weighted by atomic mass is 9.98. The van der Waals surface area contributed by atoms with Gasteiger partial charge in [-0.05, 0) is 6.92 Å². The Labute approximate surface area is 191 Å². The summed E-state index contributed by atoms with van der Waals surface area (Å²) in [5, 5.41) is 70.3. The topological polar surface area (TPSA) is 209 Å². The summed E-state index contributed by atoms with van der Waals surface area (Å²) in [6.45, 7) is -0.467. The molecule has 0 amide bonds. The minimum Gasteiger partial charge on any atom is -0.507 e. The second kappa shape index (κ2) is 9.37. The summed E-state index contributed by atoms with van der Waals surface area (Å²) in [5.41, 5.74) is -2.14. The minimum atomic E-state index is -2.02. The summed E-state index contributed by atoms with van der Waals surface area (Å²) >= 11 is 0. The van der Waals surface area contributed by atoms with Crippen LogP contribution in [0.5, 0.6) is 11.5 Å². The molecule has 2 aliphatic rings. The van der Waals surface area contributed by atoms with Crippen LogP contribution in [0, 0.1) is 6.92 Å². The van der Waals surface area contributed by atoms with Gasteiger partial charge in [-0.25, -0.2) is 0 Å². The standard InChI is InChI=1S/C21H26O13/c1-8-5-30-11-3-9(2-10(24)13(11)14(8)25)32-20-18(21(29,6-23)7-31-20)34-19-17(28)16(27)15(26)12(4-22)33-19/h2-3,5,12,15-20,22-24,26-29H,4,6-7H2,1H3. The van der Waals surface area contributed by atoms with E-state index < -0.39 is 79.7 Å². The van der Waals surface area contributed by atoms with E-state index in [1.54, 1.807) is 0 Å². The van der Waals surface area contributed by atoms with Gasteiger partial charge in [0.15, 0.2) is 17.8 Å². The van der Waals surface area contributed by atoms with Crippen molar-refractivity contribution in [2.45, 2.75) is 55.6 Å². The molecule has 2 fully saturated rings. The van der Waals surface area contributed by atoms with Crippen LogP contribution in [0.3, 0.4) is 0 Å². The Hall–Kier alpha value is -2.33. The molecule has 0 radical (unpaired) electrons. The van der Waals surface area contributed by atoms with Gasteiger partial charge >= 0.3 is 0 Å². The summed E-state index contributed by atoms with van der Waals surface area (Å²) < 4.78 is 27.4. The summed E-state index contributed by atoms with van der Waals surface area (Å²) in [5.74, 6) is -0.460. The minimum absolute atomic E-state index is 0.0208. The molecule has 13 nitrogen and oxygen atoms in total. The van der Waals surface area contributed by atoms with Crippen molar-refractivity contribution in [1.82, 2.24) is 0 Å². The normalized spacial score (nSPS) is 36.1. The maximum absolute atomic E-state index is 12.3. The first kappa shape index (κ1) is 24.8. The Morgan fingerprint density at radius 3 is 2.53 bits per heavy atom. The molecule has 4 rings (SSSR count). The molecule has 7 N–H and O–H groups in total. The third-order valence-electron chi connectivity index (χ3n) is 5.93. The fourth-order valence-electron chi connectivity index (χ4n) is 3.90. The van der Waals surface area contributed by atoms with Crippen LogP contribution in [0.2, 0.25) is 0 Å². The molecule has 2 aliphatic heterocycles. The van der Waals surface area contributed by atoms with Gasteiger partial charge in [0, 0.05) is 17.7 Å². The predicted octanol–water partition coefficient (Wildman–Crippen LogP) is -2.55.